The van der Waals surface area contributed by atoms with Crippen LogP contribution in [0.25, 0.3) is 11.0 Å². The Morgan fingerprint density at radius 3 is 2.38 bits per heavy atom. The fourth-order valence-electron chi connectivity index (χ4n) is 6.19. The van der Waals surface area contributed by atoms with Gasteiger partial charge in [0.15, 0.2) is 5.78 Å². The summed E-state index contributed by atoms with van der Waals surface area (Å²) in [6.07, 6.45) is 5.81. The van der Waals surface area contributed by atoms with Gasteiger partial charge in [-0.1, -0.05) is 26.7 Å². The van der Waals surface area contributed by atoms with Gasteiger partial charge in [-0.3, -0.25) is 19.0 Å². The van der Waals surface area contributed by atoms with Crippen molar-refractivity contribution in [2.45, 2.75) is 65.5 Å². The number of piperazine rings is 1. The monoisotopic (exact) mass is 712 g/mol. The predicted octanol–water partition coefficient (Wildman–Crippen LogP) is 1.75. The molecule has 0 bridgehead atoms. The number of aryl methyl sites for hydroxylation is 1. The van der Waals surface area contributed by atoms with Crippen molar-refractivity contribution >= 4 is 56.5 Å². The molecule has 1 saturated heterocycles. The summed E-state index contributed by atoms with van der Waals surface area (Å²) in [5.41, 5.74) is 7.41. The number of anilines is 3. The number of hydrogen-bond donors (Lipinski definition) is 4. The Hall–Kier alpha value is -4.68. The summed E-state index contributed by atoms with van der Waals surface area (Å²) >= 11 is 0. The standard InChI is InChI=1S/C32H44N10O7S/c1-19(2)27(33)29(44)34-11-16-49-32(46)39-50(47,48)41-14-12-40(13-15-41)23-9-10-25(35-17-23)37-31-36-18-24-20(3)26(21(4)43)30(45)42(28(24)38-31)22-7-5-6-8-22/h9-10,17-19,22,27H,5-8,11-16,33H2,1-4H3,(H,34,44)(H,39,46)(H,35,36,37,38)/t27-/m0/s1. The van der Waals surface area contributed by atoms with Gasteiger partial charge in [0, 0.05) is 43.8 Å². The molecule has 2 fully saturated rings. The summed E-state index contributed by atoms with van der Waals surface area (Å²) < 4.78 is 35.1. The van der Waals surface area contributed by atoms with E-state index in [0.29, 0.717) is 35.5 Å². The van der Waals surface area contributed by atoms with Crippen LogP contribution in [0.1, 0.15) is 68.4 Å². The molecule has 270 valence electrons. The Morgan fingerprint density at radius 2 is 1.76 bits per heavy atom. The van der Waals surface area contributed by atoms with E-state index in [1.54, 1.807) is 43.8 Å². The number of nitrogens with two attached hydrogens (primary N) is 1. The number of rotatable bonds is 12. The number of carbonyl (C=O) groups is 3. The summed E-state index contributed by atoms with van der Waals surface area (Å²) in [5.74, 6) is -0.0125. The highest BCUT2D eigenvalue weighted by Crippen LogP contribution is 2.32. The molecule has 0 aromatic carbocycles. The summed E-state index contributed by atoms with van der Waals surface area (Å²) in [6.45, 7) is 7.45. The Bertz CT molecular complexity index is 1900. The van der Waals surface area contributed by atoms with Crippen LogP contribution in [0.15, 0.2) is 29.3 Å². The van der Waals surface area contributed by atoms with Crippen LogP contribution in [0.3, 0.4) is 0 Å². The lowest BCUT2D eigenvalue weighted by atomic mass is 10.0. The highest BCUT2D eigenvalue weighted by atomic mass is 32.2. The number of nitrogens with one attached hydrogen (secondary N) is 3. The van der Waals surface area contributed by atoms with E-state index in [0.717, 1.165) is 35.7 Å². The first-order valence-corrected chi connectivity index (χ1v) is 18.1. The van der Waals surface area contributed by atoms with Gasteiger partial charge in [-0.05, 0) is 50.3 Å². The Kier molecular flexibility index (Phi) is 11.3. The van der Waals surface area contributed by atoms with Crippen molar-refractivity contribution in [1.82, 2.24) is 33.9 Å². The molecule has 50 heavy (non-hydrogen) atoms. The van der Waals surface area contributed by atoms with Crippen LogP contribution >= 0.6 is 0 Å². The molecular weight excluding hydrogens is 668 g/mol. The second-order valence-corrected chi connectivity index (χ2v) is 14.5. The lowest BCUT2D eigenvalue weighted by Gasteiger charge is -2.34. The lowest BCUT2D eigenvalue weighted by molar-refractivity contribution is -0.123. The van der Waals surface area contributed by atoms with E-state index in [1.165, 1.54) is 6.92 Å². The first kappa shape index (κ1) is 36.6. The Balaban J connectivity index is 1.17. The zero-order valence-electron chi connectivity index (χ0n) is 28.6. The molecule has 0 radical (unpaired) electrons. The fourth-order valence-corrected chi connectivity index (χ4v) is 7.24. The lowest BCUT2D eigenvalue weighted by Crippen LogP contribution is -2.53. The second kappa shape index (κ2) is 15.5. The molecule has 0 spiro atoms. The third kappa shape index (κ3) is 8.19. The van der Waals surface area contributed by atoms with Gasteiger partial charge in [-0.2, -0.15) is 17.7 Å². The minimum absolute atomic E-state index is 0.00557. The van der Waals surface area contributed by atoms with Gasteiger partial charge in [-0.15, -0.1) is 0 Å². The molecule has 5 N–H and O–H groups in total. The molecule has 1 aliphatic heterocycles. The van der Waals surface area contributed by atoms with Gasteiger partial charge in [0.1, 0.15) is 18.1 Å². The minimum Gasteiger partial charge on any atom is -0.447 e. The summed E-state index contributed by atoms with van der Waals surface area (Å²) in [4.78, 5) is 65.5. The molecular formula is C32H44N10O7S. The number of amides is 2. The highest BCUT2D eigenvalue weighted by Gasteiger charge is 2.30. The first-order chi connectivity index (χ1) is 23.8. The molecule has 5 rings (SSSR count). The zero-order chi connectivity index (χ0) is 36.2. The number of hydrogen-bond acceptors (Lipinski definition) is 13. The van der Waals surface area contributed by atoms with Crippen LogP contribution in [0, 0.1) is 12.8 Å². The third-order valence-corrected chi connectivity index (χ3v) is 10.5. The summed E-state index contributed by atoms with van der Waals surface area (Å²) in [7, 11) is -4.15. The first-order valence-electron chi connectivity index (χ1n) is 16.7. The number of ether oxygens (including phenoxy) is 1. The molecule has 1 atom stereocenters. The largest absolute Gasteiger partial charge is 0.447 e. The summed E-state index contributed by atoms with van der Waals surface area (Å²) in [5, 5.41) is 6.29. The molecule has 4 heterocycles. The van der Waals surface area contributed by atoms with Crippen molar-refractivity contribution in [3.8, 4) is 0 Å². The van der Waals surface area contributed by atoms with E-state index in [9.17, 15) is 27.6 Å². The normalized spacial score (nSPS) is 16.4. The molecule has 17 nitrogen and oxygen atoms in total. The summed E-state index contributed by atoms with van der Waals surface area (Å²) in [6, 6.07) is 2.85. The molecule has 2 aliphatic rings. The zero-order valence-corrected chi connectivity index (χ0v) is 29.5. The van der Waals surface area contributed by atoms with Gasteiger partial charge in [-0.25, -0.2) is 19.5 Å². The molecule has 18 heteroatoms. The number of Topliss-reactive ketones (excluding diaryl/α,β-unsaturated/α-hetero) is 1. The van der Waals surface area contributed by atoms with E-state index < -0.39 is 22.3 Å². The SMILES string of the molecule is CC(=O)c1c(C)c2cnc(Nc3ccc(N4CCN(S(=O)(=O)NC(=O)OCCNC(=O)[C@@H](N)C(C)C)CC4)cn3)nc2n(C2CCCC2)c1=O. The van der Waals surface area contributed by atoms with E-state index in [4.69, 9.17) is 15.5 Å². The van der Waals surface area contributed by atoms with Crippen molar-refractivity contribution < 1.29 is 27.5 Å². The van der Waals surface area contributed by atoms with E-state index >= 15 is 0 Å². The van der Waals surface area contributed by atoms with E-state index in [2.05, 4.69) is 20.6 Å². The molecule has 0 unspecified atom stereocenters. The smallest absolute Gasteiger partial charge is 0.421 e. The Morgan fingerprint density at radius 1 is 1.06 bits per heavy atom. The van der Waals surface area contributed by atoms with Gasteiger partial charge >= 0.3 is 16.3 Å². The third-order valence-electron chi connectivity index (χ3n) is 9.05. The molecule has 3 aromatic heterocycles. The van der Waals surface area contributed by atoms with Crippen LogP contribution in [0.4, 0.5) is 22.2 Å². The van der Waals surface area contributed by atoms with Crippen LogP contribution in [0.2, 0.25) is 0 Å². The number of ketones is 1. The van der Waals surface area contributed by atoms with Crippen molar-refractivity contribution in [2.24, 2.45) is 11.7 Å². The molecule has 1 aliphatic carbocycles. The number of aromatic nitrogens is 4. The highest BCUT2D eigenvalue weighted by molar-refractivity contribution is 7.87. The van der Waals surface area contributed by atoms with Crippen molar-refractivity contribution in [3.63, 3.8) is 0 Å². The quantitative estimate of drug-likeness (QED) is 0.155. The van der Waals surface area contributed by atoms with Crippen LogP contribution < -0.4 is 31.5 Å². The number of pyridine rings is 2. The predicted molar refractivity (Wildman–Crippen MR) is 187 cm³/mol. The second-order valence-electron chi connectivity index (χ2n) is 12.8. The molecule has 2 amide bonds. The van der Waals surface area contributed by atoms with Gasteiger partial charge in [0.2, 0.25) is 11.9 Å². The number of nitrogens with zero attached hydrogens (tertiary/aromatic N) is 6. The van der Waals surface area contributed by atoms with E-state index in [1.807, 2.05) is 15.7 Å². The maximum Gasteiger partial charge on any atom is 0.421 e. The van der Waals surface area contributed by atoms with Gasteiger partial charge < -0.3 is 26.0 Å². The van der Waals surface area contributed by atoms with Crippen molar-refractivity contribution in [3.05, 3.63) is 46.0 Å². The van der Waals surface area contributed by atoms with Gasteiger partial charge in [0.25, 0.3) is 5.56 Å². The van der Waals surface area contributed by atoms with Crippen molar-refractivity contribution in [1.29, 1.82) is 0 Å². The van der Waals surface area contributed by atoms with Crippen LogP contribution in [0.5, 0.6) is 0 Å². The van der Waals surface area contributed by atoms with Crippen molar-refractivity contribution in [2.75, 3.05) is 49.5 Å². The maximum absolute atomic E-state index is 13.5. The average Bonchev–Trinajstić information content (AvgIpc) is 3.61. The van der Waals surface area contributed by atoms with Gasteiger partial charge in [0.05, 0.1) is 30.0 Å². The van der Waals surface area contributed by atoms with E-state index in [-0.39, 0.29) is 67.0 Å². The number of carbonyl (C=O) groups excluding carboxylic acids is 3. The van der Waals surface area contributed by atoms with Crippen LogP contribution in [-0.2, 0) is 19.7 Å². The Labute approximate surface area is 290 Å². The van der Waals surface area contributed by atoms with Crippen LogP contribution in [-0.4, -0.2) is 95.4 Å². The molecule has 1 saturated carbocycles. The molecule has 3 aromatic rings. The topological polar surface area (TPSA) is 224 Å². The minimum atomic E-state index is -4.15. The number of fused-ring (bicyclic) bond motifs is 1. The maximum atomic E-state index is 13.5. The average molecular weight is 713 g/mol. The fraction of sp³-hybridized carbons (Fsp3) is 0.531.